The lowest BCUT2D eigenvalue weighted by atomic mass is 10.2. The fourth-order valence-corrected chi connectivity index (χ4v) is 1.47. The number of aryl methyl sites for hydroxylation is 1. The highest BCUT2D eigenvalue weighted by Gasteiger charge is 2.21. The van der Waals surface area contributed by atoms with E-state index in [0.717, 1.165) is 12.3 Å². The Morgan fingerprint density at radius 1 is 1.58 bits per heavy atom. The summed E-state index contributed by atoms with van der Waals surface area (Å²) in [6, 6.07) is 2.72. The Hall–Kier alpha value is -2.97. The van der Waals surface area contributed by atoms with Gasteiger partial charge in [0.1, 0.15) is 23.4 Å². The van der Waals surface area contributed by atoms with Crippen LogP contribution in [0.5, 0.6) is 0 Å². The predicted octanol–water partition coefficient (Wildman–Crippen LogP) is 0.558. The van der Waals surface area contributed by atoms with Gasteiger partial charge in [0.25, 0.3) is 11.6 Å². The number of carbonyl (C=O) groups is 1. The van der Waals surface area contributed by atoms with Crippen LogP contribution < -0.4 is 11.1 Å². The van der Waals surface area contributed by atoms with Crippen LogP contribution in [0, 0.1) is 10.1 Å². The van der Waals surface area contributed by atoms with Gasteiger partial charge in [-0.15, -0.1) is 0 Å². The first-order valence-electron chi connectivity index (χ1n) is 5.18. The average Bonchev–Trinajstić information content (AvgIpc) is 2.74. The van der Waals surface area contributed by atoms with Crippen LogP contribution in [-0.4, -0.2) is 25.6 Å². The smallest absolute Gasteiger partial charge is 0.300 e. The Kier molecular flexibility index (Phi) is 3.10. The van der Waals surface area contributed by atoms with Crippen molar-refractivity contribution in [2.24, 2.45) is 7.05 Å². The molecule has 0 bridgehead atoms. The second kappa shape index (κ2) is 4.72. The molecule has 2 rings (SSSR count). The summed E-state index contributed by atoms with van der Waals surface area (Å²) in [5.74, 6) is -0.208. The van der Waals surface area contributed by atoms with Crippen LogP contribution in [0.25, 0.3) is 0 Å². The van der Waals surface area contributed by atoms with Crippen LogP contribution in [0.3, 0.4) is 0 Å². The number of hydrogen-bond donors (Lipinski definition) is 2. The molecule has 0 saturated carbocycles. The van der Waals surface area contributed by atoms with E-state index in [4.69, 9.17) is 5.73 Å². The van der Waals surface area contributed by atoms with Crippen molar-refractivity contribution in [1.29, 1.82) is 0 Å². The van der Waals surface area contributed by atoms with Crippen LogP contribution in [0.15, 0.2) is 24.5 Å². The van der Waals surface area contributed by atoms with E-state index in [-0.39, 0.29) is 11.4 Å². The first-order valence-corrected chi connectivity index (χ1v) is 5.18. The molecule has 2 aromatic rings. The molecule has 0 aliphatic rings. The standard InChI is InChI=1S/C10H10N6O3/c1-15-9(2-3-13-15)14-10(17)6-4-8(11)12-5-7(6)16(18)19/h2-5H,1H3,(H2,11,12)(H,14,17). The largest absolute Gasteiger partial charge is 0.384 e. The Morgan fingerprint density at radius 3 is 2.89 bits per heavy atom. The number of amides is 1. The van der Waals surface area contributed by atoms with E-state index in [9.17, 15) is 14.9 Å². The number of carbonyl (C=O) groups excluding carboxylic acids is 1. The first-order chi connectivity index (χ1) is 8.99. The molecule has 0 radical (unpaired) electrons. The van der Waals surface area contributed by atoms with Crippen LogP contribution in [-0.2, 0) is 7.05 Å². The number of aromatic nitrogens is 3. The molecule has 0 aliphatic heterocycles. The van der Waals surface area contributed by atoms with E-state index in [1.165, 1.54) is 10.9 Å². The highest BCUT2D eigenvalue weighted by molar-refractivity contribution is 6.07. The molecule has 1 amide bonds. The molecule has 9 nitrogen and oxygen atoms in total. The summed E-state index contributed by atoms with van der Waals surface area (Å²) in [5.41, 5.74) is 4.88. The van der Waals surface area contributed by atoms with Crippen molar-refractivity contribution in [3.8, 4) is 0 Å². The molecule has 0 aliphatic carbocycles. The van der Waals surface area contributed by atoms with Crippen molar-refractivity contribution in [2.75, 3.05) is 11.1 Å². The Bertz CT molecular complexity index is 650. The number of nitrogens with zero attached hydrogens (tertiary/aromatic N) is 4. The number of hydrogen-bond acceptors (Lipinski definition) is 6. The molecule has 0 spiro atoms. The maximum atomic E-state index is 12.0. The van der Waals surface area contributed by atoms with Crippen LogP contribution in [0.2, 0.25) is 0 Å². The predicted molar refractivity (Wildman–Crippen MR) is 66.5 cm³/mol. The number of rotatable bonds is 3. The normalized spacial score (nSPS) is 10.2. The monoisotopic (exact) mass is 262 g/mol. The Labute approximate surface area is 107 Å². The quantitative estimate of drug-likeness (QED) is 0.614. The maximum Gasteiger partial charge on any atom is 0.300 e. The lowest BCUT2D eigenvalue weighted by molar-refractivity contribution is -0.385. The Morgan fingerprint density at radius 2 is 2.32 bits per heavy atom. The minimum Gasteiger partial charge on any atom is -0.384 e. The molecule has 3 N–H and O–H groups in total. The average molecular weight is 262 g/mol. The van der Waals surface area contributed by atoms with Crippen molar-refractivity contribution >= 4 is 23.2 Å². The first kappa shape index (κ1) is 12.5. The van der Waals surface area contributed by atoms with Gasteiger partial charge in [-0.1, -0.05) is 0 Å². The van der Waals surface area contributed by atoms with Gasteiger partial charge in [-0.2, -0.15) is 5.10 Å². The van der Waals surface area contributed by atoms with E-state index >= 15 is 0 Å². The zero-order valence-corrected chi connectivity index (χ0v) is 9.90. The van der Waals surface area contributed by atoms with Gasteiger partial charge < -0.3 is 11.1 Å². The second-order valence-electron chi connectivity index (χ2n) is 3.68. The number of anilines is 2. The summed E-state index contributed by atoms with van der Waals surface area (Å²) in [5, 5.41) is 17.2. The van der Waals surface area contributed by atoms with E-state index in [1.807, 2.05) is 0 Å². The molecule has 2 aromatic heterocycles. The minimum atomic E-state index is -0.690. The molecule has 0 fully saturated rings. The summed E-state index contributed by atoms with van der Waals surface area (Å²) in [6.07, 6.45) is 2.44. The van der Waals surface area contributed by atoms with Gasteiger partial charge >= 0.3 is 0 Å². The van der Waals surface area contributed by atoms with Gasteiger partial charge in [0.05, 0.1) is 11.1 Å². The van der Waals surface area contributed by atoms with Gasteiger partial charge in [0, 0.05) is 13.1 Å². The summed E-state index contributed by atoms with van der Waals surface area (Å²) in [4.78, 5) is 25.7. The summed E-state index contributed by atoms with van der Waals surface area (Å²) >= 11 is 0. The van der Waals surface area contributed by atoms with E-state index in [0.29, 0.717) is 5.82 Å². The molecule has 0 saturated heterocycles. The SMILES string of the molecule is Cn1nccc1NC(=O)c1cc(N)ncc1[N+](=O)[O-]. The lowest BCUT2D eigenvalue weighted by Crippen LogP contribution is -2.16. The molecule has 0 aromatic carbocycles. The molecule has 2 heterocycles. The highest BCUT2D eigenvalue weighted by atomic mass is 16.6. The van der Waals surface area contributed by atoms with Crippen LogP contribution in [0.4, 0.5) is 17.3 Å². The number of nitro groups is 1. The third kappa shape index (κ3) is 2.49. The van der Waals surface area contributed by atoms with Crippen molar-refractivity contribution in [2.45, 2.75) is 0 Å². The molecule has 0 unspecified atom stereocenters. The summed E-state index contributed by atoms with van der Waals surface area (Å²) in [6.45, 7) is 0. The third-order valence-corrected chi connectivity index (χ3v) is 2.41. The van der Waals surface area contributed by atoms with Gasteiger partial charge in [-0.3, -0.25) is 19.6 Å². The lowest BCUT2D eigenvalue weighted by Gasteiger charge is -2.06. The maximum absolute atomic E-state index is 12.0. The van der Waals surface area contributed by atoms with Crippen molar-refractivity contribution < 1.29 is 9.72 Å². The van der Waals surface area contributed by atoms with E-state index < -0.39 is 16.5 Å². The topological polar surface area (TPSA) is 129 Å². The van der Waals surface area contributed by atoms with Gasteiger partial charge in [-0.25, -0.2) is 4.98 Å². The zero-order chi connectivity index (χ0) is 14.0. The zero-order valence-electron chi connectivity index (χ0n) is 9.90. The number of pyridine rings is 1. The molecular formula is C10H10N6O3. The highest BCUT2D eigenvalue weighted by Crippen LogP contribution is 2.20. The van der Waals surface area contributed by atoms with Crippen LogP contribution in [0.1, 0.15) is 10.4 Å². The number of nitrogens with two attached hydrogens (primary N) is 1. The van der Waals surface area contributed by atoms with E-state index in [1.54, 1.807) is 13.1 Å². The molecule has 98 valence electrons. The third-order valence-electron chi connectivity index (χ3n) is 2.41. The minimum absolute atomic E-state index is 0.0285. The van der Waals surface area contributed by atoms with Crippen molar-refractivity contribution in [1.82, 2.24) is 14.8 Å². The fourth-order valence-electron chi connectivity index (χ4n) is 1.47. The van der Waals surface area contributed by atoms with Crippen molar-refractivity contribution in [3.63, 3.8) is 0 Å². The van der Waals surface area contributed by atoms with Gasteiger partial charge in [-0.05, 0) is 6.07 Å². The molecule has 19 heavy (non-hydrogen) atoms. The number of nitrogen functional groups attached to an aromatic ring is 1. The van der Waals surface area contributed by atoms with Crippen molar-refractivity contribution in [3.05, 3.63) is 40.2 Å². The molecule has 0 atom stereocenters. The summed E-state index contributed by atoms with van der Waals surface area (Å²) in [7, 11) is 1.63. The van der Waals surface area contributed by atoms with E-state index in [2.05, 4.69) is 15.4 Å². The van der Waals surface area contributed by atoms with Gasteiger partial charge in [0.15, 0.2) is 0 Å². The number of nitrogens with one attached hydrogen (secondary N) is 1. The fraction of sp³-hybridized carbons (Fsp3) is 0.100. The Balaban J connectivity index is 2.36. The molecular weight excluding hydrogens is 252 g/mol. The molecule has 9 heteroatoms. The van der Waals surface area contributed by atoms with Gasteiger partial charge in [0.2, 0.25) is 0 Å². The summed E-state index contributed by atoms with van der Waals surface area (Å²) < 4.78 is 1.42. The second-order valence-corrected chi connectivity index (χ2v) is 3.68. The van der Waals surface area contributed by atoms with Crippen LogP contribution >= 0.6 is 0 Å².